The normalized spacial score (nSPS) is 24.1. The number of imidazole rings is 1. The van der Waals surface area contributed by atoms with Crippen LogP contribution >= 0.6 is 0 Å². The maximum atomic E-state index is 14.9. The van der Waals surface area contributed by atoms with E-state index < -0.39 is 24.2 Å². The molecule has 3 aliphatic rings. The van der Waals surface area contributed by atoms with Crippen LogP contribution in [0.1, 0.15) is 119 Å². The zero-order valence-corrected chi connectivity index (χ0v) is 28.8. The molecule has 1 N–H and O–H groups in total. The fourth-order valence-electron chi connectivity index (χ4n) is 6.56. The summed E-state index contributed by atoms with van der Waals surface area (Å²) in [6, 6.07) is 1.74. The predicted molar refractivity (Wildman–Crippen MR) is 172 cm³/mol. The molecule has 4 atom stereocenters. The first-order chi connectivity index (χ1) is 22.8. The Bertz CT molecular complexity index is 1540. The van der Waals surface area contributed by atoms with Gasteiger partial charge in [-0.3, -0.25) is 14.3 Å². The molecule has 0 spiro atoms. The molecule has 0 aromatic carbocycles. The number of piperidine rings is 1. The number of aromatic nitrogens is 6. The van der Waals surface area contributed by atoms with E-state index in [4.69, 9.17) is 4.74 Å². The Morgan fingerprint density at radius 3 is 2.48 bits per heavy atom. The monoisotopic (exact) mass is 679 g/mol. The van der Waals surface area contributed by atoms with Gasteiger partial charge in [0.15, 0.2) is 5.78 Å². The first kappa shape index (κ1) is 37.4. The fraction of sp³-hybridized carbons (Fsp3) is 0.706. The van der Waals surface area contributed by atoms with Crippen LogP contribution in [-0.4, -0.2) is 72.7 Å². The van der Waals surface area contributed by atoms with E-state index in [1.807, 2.05) is 34.6 Å². The molecule has 1 aliphatic carbocycles. The molecular weight excluding hydrogens is 630 g/mol. The number of hydrogen-bond acceptors (Lipinski definition) is 7. The van der Waals surface area contributed by atoms with Crippen molar-refractivity contribution in [1.29, 1.82) is 0 Å². The summed E-state index contributed by atoms with van der Waals surface area (Å²) in [6.07, 6.45) is 5.37. The lowest BCUT2D eigenvalue weighted by molar-refractivity contribution is -0.126. The average Bonchev–Trinajstić information content (AvgIpc) is 3.67. The number of nitrogens with one attached hydrogen (secondary N) is 1. The van der Waals surface area contributed by atoms with Crippen LogP contribution in [0.5, 0.6) is 0 Å². The highest BCUT2D eigenvalue weighted by molar-refractivity contribution is 5.95. The van der Waals surface area contributed by atoms with Crippen molar-refractivity contribution < 1.29 is 31.9 Å². The number of rotatable bonds is 7. The SMILES string of the molecule is CC.CC(C)C(=O)c1ccnn1C.CC(c1cn2nc(C[C@H]3CCCNC3=O)c(C3COCCC3(F)F)nc2n1)C1CCCC(F)(F)C1. The number of ketones is 1. The van der Waals surface area contributed by atoms with Gasteiger partial charge in [0, 0.05) is 63.2 Å². The highest BCUT2D eigenvalue weighted by atomic mass is 19.3. The molecule has 266 valence electrons. The van der Waals surface area contributed by atoms with Crippen LogP contribution in [0, 0.1) is 17.8 Å². The Hall–Kier alpha value is -3.42. The number of carbonyl (C=O) groups excluding carboxylic acids is 2. The Kier molecular flexibility index (Phi) is 12.4. The second-order valence-corrected chi connectivity index (χ2v) is 13.2. The van der Waals surface area contributed by atoms with Crippen molar-refractivity contribution in [2.45, 2.75) is 110 Å². The van der Waals surface area contributed by atoms with Crippen LogP contribution in [0.2, 0.25) is 0 Å². The molecule has 14 heteroatoms. The number of halogens is 4. The van der Waals surface area contributed by atoms with E-state index in [0.29, 0.717) is 42.9 Å². The summed E-state index contributed by atoms with van der Waals surface area (Å²) in [7, 11) is 1.77. The van der Waals surface area contributed by atoms with Gasteiger partial charge in [-0.1, -0.05) is 34.6 Å². The van der Waals surface area contributed by atoms with Crippen molar-refractivity contribution in [3.8, 4) is 0 Å². The lowest BCUT2D eigenvalue weighted by atomic mass is 9.78. The van der Waals surface area contributed by atoms with E-state index in [2.05, 4.69) is 25.5 Å². The van der Waals surface area contributed by atoms with Gasteiger partial charge in [0.2, 0.25) is 11.8 Å². The average molecular weight is 680 g/mol. The van der Waals surface area contributed by atoms with Crippen LogP contribution in [-0.2, 0) is 23.0 Å². The van der Waals surface area contributed by atoms with Crippen molar-refractivity contribution in [3.63, 3.8) is 0 Å². The van der Waals surface area contributed by atoms with Gasteiger partial charge in [-0.15, -0.1) is 0 Å². The second kappa shape index (κ2) is 15.9. The molecule has 3 aromatic rings. The number of nitrogens with zero attached hydrogens (tertiary/aromatic N) is 6. The van der Waals surface area contributed by atoms with Crippen molar-refractivity contribution in [3.05, 3.63) is 41.2 Å². The fourth-order valence-corrected chi connectivity index (χ4v) is 6.56. The second-order valence-electron chi connectivity index (χ2n) is 13.2. The molecule has 0 bridgehead atoms. The van der Waals surface area contributed by atoms with Gasteiger partial charge >= 0.3 is 0 Å². The van der Waals surface area contributed by atoms with Crippen LogP contribution in [0.15, 0.2) is 18.5 Å². The zero-order chi connectivity index (χ0) is 35.2. The number of amides is 1. The van der Waals surface area contributed by atoms with Crippen molar-refractivity contribution in [1.82, 2.24) is 34.7 Å². The molecule has 3 fully saturated rings. The standard InChI is InChI=1S/C24H31F4N5O2.C8H12N2O.C2H6/c1-14(16-4-2-6-23(25,26)11-16)19-12-33-22(30-19)31-20(17-13-35-9-7-24(17,27)28)18(32-33)10-15-5-3-8-29-21(15)34;1-6(2)8(11)7-4-5-9-10(7)3;1-2/h12,14-17H,2-11,13H2,1H3,(H,29,34);4-6H,1-3H3;1-2H3/t14?,15-,16?,17?;;/m1../s1. The van der Waals surface area contributed by atoms with E-state index in [-0.39, 0.29) is 79.3 Å². The van der Waals surface area contributed by atoms with Crippen molar-refractivity contribution >= 4 is 17.5 Å². The number of fused-ring (bicyclic) bond motifs is 1. The Labute approximate surface area is 279 Å². The molecule has 3 unspecified atom stereocenters. The summed E-state index contributed by atoms with van der Waals surface area (Å²) >= 11 is 0. The Balaban J connectivity index is 0.000000339. The summed E-state index contributed by atoms with van der Waals surface area (Å²) in [4.78, 5) is 32.8. The van der Waals surface area contributed by atoms with Crippen molar-refractivity contribution in [2.75, 3.05) is 19.8 Å². The van der Waals surface area contributed by atoms with E-state index in [0.717, 1.165) is 6.42 Å². The third kappa shape index (κ3) is 8.78. The highest BCUT2D eigenvalue weighted by Gasteiger charge is 2.46. The molecular formula is C34H49F4N7O3. The number of hydrogen-bond donors (Lipinski definition) is 1. The molecule has 5 heterocycles. The third-order valence-corrected chi connectivity index (χ3v) is 9.43. The van der Waals surface area contributed by atoms with E-state index in [1.54, 1.807) is 30.2 Å². The van der Waals surface area contributed by atoms with E-state index in [9.17, 15) is 27.2 Å². The summed E-state index contributed by atoms with van der Waals surface area (Å²) in [5.41, 5.74) is 1.68. The lowest BCUT2D eigenvalue weighted by Crippen LogP contribution is -2.39. The number of Topliss-reactive ketones (excluding diaryl/α,β-unsaturated/α-hetero) is 1. The summed E-state index contributed by atoms with van der Waals surface area (Å²) in [6.45, 7) is 10.0. The quantitative estimate of drug-likeness (QED) is 0.223. The topological polar surface area (TPSA) is 116 Å². The molecule has 6 rings (SSSR count). The zero-order valence-electron chi connectivity index (χ0n) is 28.8. The third-order valence-electron chi connectivity index (χ3n) is 9.43. The number of aryl methyl sites for hydroxylation is 1. The van der Waals surface area contributed by atoms with Gasteiger partial charge in [0.05, 0.1) is 42.4 Å². The van der Waals surface area contributed by atoms with Crippen LogP contribution in [0.25, 0.3) is 5.78 Å². The van der Waals surface area contributed by atoms with Gasteiger partial charge in [0.25, 0.3) is 11.7 Å². The smallest absolute Gasteiger partial charge is 0.260 e. The van der Waals surface area contributed by atoms with Gasteiger partial charge in [-0.2, -0.15) is 10.2 Å². The lowest BCUT2D eigenvalue weighted by Gasteiger charge is -2.32. The minimum Gasteiger partial charge on any atom is -0.380 e. The van der Waals surface area contributed by atoms with Crippen LogP contribution in [0.3, 0.4) is 0 Å². The van der Waals surface area contributed by atoms with Crippen LogP contribution < -0.4 is 5.32 Å². The number of ether oxygens (including phenoxy) is 1. The molecule has 10 nitrogen and oxygen atoms in total. The maximum absolute atomic E-state index is 14.9. The van der Waals surface area contributed by atoms with Gasteiger partial charge in [-0.25, -0.2) is 32.0 Å². The van der Waals surface area contributed by atoms with Gasteiger partial charge in [0.1, 0.15) is 5.69 Å². The molecule has 0 radical (unpaired) electrons. The highest BCUT2D eigenvalue weighted by Crippen LogP contribution is 2.43. The van der Waals surface area contributed by atoms with Crippen LogP contribution in [0.4, 0.5) is 17.6 Å². The summed E-state index contributed by atoms with van der Waals surface area (Å²) < 4.78 is 66.2. The molecule has 2 saturated heterocycles. The number of alkyl halides is 4. The minimum atomic E-state index is -3.02. The molecule has 2 aliphatic heterocycles. The molecule has 48 heavy (non-hydrogen) atoms. The van der Waals surface area contributed by atoms with E-state index in [1.165, 1.54) is 4.52 Å². The minimum absolute atomic E-state index is 0.0312. The first-order valence-electron chi connectivity index (χ1n) is 17.1. The molecule has 3 aromatic heterocycles. The maximum Gasteiger partial charge on any atom is 0.260 e. The Morgan fingerprint density at radius 2 is 1.85 bits per heavy atom. The predicted octanol–water partition coefficient (Wildman–Crippen LogP) is 6.55. The van der Waals surface area contributed by atoms with Gasteiger partial charge < -0.3 is 10.1 Å². The largest absolute Gasteiger partial charge is 0.380 e. The number of carbonyl (C=O) groups is 2. The molecule has 1 amide bonds. The molecule has 1 saturated carbocycles. The Morgan fingerprint density at radius 1 is 1.10 bits per heavy atom. The van der Waals surface area contributed by atoms with E-state index >= 15 is 0 Å². The first-order valence-corrected chi connectivity index (χ1v) is 17.1. The van der Waals surface area contributed by atoms with Gasteiger partial charge in [-0.05, 0) is 37.7 Å². The summed E-state index contributed by atoms with van der Waals surface area (Å²) in [5, 5.41) is 11.3. The van der Waals surface area contributed by atoms with Crippen molar-refractivity contribution in [2.24, 2.45) is 24.8 Å². The summed E-state index contributed by atoms with van der Waals surface area (Å²) in [5.74, 6) is -7.62.